The highest BCUT2D eigenvalue weighted by Gasteiger charge is 2.45. The first-order valence-electron chi connectivity index (χ1n) is 41.8. The summed E-state index contributed by atoms with van der Waals surface area (Å²) in [4.78, 5) is 206. The van der Waals surface area contributed by atoms with Gasteiger partial charge in [0.15, 0.2) is 0 Å². The third-order valence-corrected chi connectivity index (χ3v) is 21.4. The van der Waals surface area contributed by atoms with E-state index in [9.17, 15) is 77.0 Å². The van der Waals surface area contributed by atoms with Crippen LogP contribution in [-0.4, -0.2) is 294 Å². The Hall–Kier alpha value is -10.2. The molecule has 0 bridgehead atoms. The van der Waals surface area contributed by atoms with Gasteiger partial charge in [-0.3, -0.25) is 67.3 Å². The lowest BCUT2D eigenvalue weighted by Crippen LogP contribution is -2.60. The van der Waals surface area contributed by atoms with E-state index in [1.165, 1.54) is 38.3 Å². The molecule has 0 radical (unpaired) electrons. The summed E-state index contributed by atoms with van der Waals surface area (Å²) >= 11 is 0. The van der Waals surface area contributed by atoms with Gasteiger partial charge in [0.05, 0.1) is 115 Å². The number of likely N-dealkylation sites (N-methyl/N-ethyl adjacent to an activating group) is 2. The highest BCUT2D eigenvalue weighted by atomic mass is 16.6. The number of imide groups is 1. The molecule has 2 saturated heterocycles. The smallest absolute Gasteiger partial charge is 0.410 e. The second-order valence-electron chi connectivity index (χ2n) is 31.6. The minimum Gasteiger partial charge on any atom is -0.464 e. The molecule has 15 amide bonds. The Morgan fingerprint density at radius 1 is 0.615 bits per heavy atom. The van der Waals surface area contributed by atoms with Crippen LogP contribution in [0.4, 0.5) is 15.3 Å². The maximum Gasteiger partial charge on any atom is 0.410 e. The van der Waals surface area contributed by atoms with E-state index in [4.69, 9.17) is 43.6 Å². The van der Waals surface area contributed by atoms with Crippen molar-refractivity contribution in [2.45, 2.75) is 213 Å². The molecule has 2 aromatic carbocycles. The lowest BCUT2D eigenvalue weighted by molar-refractivity contribution is -0.148. The van der Waals surface area contributed by atoms with E-state index in [1.807, 2.05) is 19.9 Å². The maximum atomic E-state index is 14.9. The summed E-state index contributed by atoms with van der Waals surface area (Å²) in [5.41, 5.74) is 6.66. The quantitative estimate of drug-likeness (QED) is 0.0255. The molecule has 3 aliphatic rings. The largest absolute Gasteiger partial charge is 0.464 e. The van der Waals surface area contributed by atoms with E-state index in [1.54, 1.807) is 104 Å². The molecule has 5 rings (SSSR count). The minimum atomic E-state index is -1.59. The zero-order valence-electron chi connectivity index (χ0n) is 72.8. The van der Waals surface area contributed by atoms with Crippen molar-refractivity contribution in [3.63, 3.8) is 0 Å². The van der Waals surface area contributed by atoms with Gasteiger partial charge in [0, 0.05) is 91.6 Å². The van der Waals surface area contributed by atoms with Gasteiger partial charge < -0.3 is 106 Å². The first-order valence-corrected chi connectivity index (χ1v) is 41.8. The number of aliphatic hydroxyl groups is 1. The van der Waals surface area contributed by atoms with Crippen LogP contribution in [0.2, 0.25) is 0 Å². The molecule has 0 spiro atoms. The number of nitrogens with one attached hydrogen (secondary N) is 9. The molecule has 2 fully saturated rings. The summed E-state index contributed by atoms with van der Waals surface area (Å²) in [6.07, 6.45) is -0.0718. The van der Waals surface area contributed by atoms with Crippen LogP contribution >= 0.6 is 0 Å². The molecule has 38 nitrogen and oxygen atoms in total. The molecular formula is C84H130N14O24. The number of rotatable bonds is 55. The zero-order valence-corrected chi connectivity index (χ0v) is 72.8. The number of ether oxygens (including phenoxy) is 8. The summed E-state index contributed by atoms with van der Waals surface area (Å²) in [6.45, 7) is 19.2. The maximum absolute atomic E-state index is 14.9. The Bertz CT molecular complexity index is 3780. The Morgan fingerprint density at radius 3 is 1.80 bits per heavy atom. The summed E-state index contributed by atoms with van der Waals surface area (Å²) in [7, 11) is 6.00. The lowest BCUT2D eigenvalue weighted by Gasteiger charge is -2.41. The van der Waals surface area contributed by atoms with E-state index in [2.05, 4.69) is 47.9 Å². The number of carbonyl (C=O) groups is 15. The van der Waals surface area contributed by atoms with Crippen molar-refractivity contribution in [3.05, 3.63) is 77.9 Å². The molecule has 3 aliphatic heterocycles. The molecular weight excluding hydrogens is 1590 g/mol. The minimum absolute atomic E-state index is 0.0103. The van der Waals surface area contributed by atoms with Crippen molar-refractivity contribution in [1.29, 1.82) is 0 Å². The molecule has 680 valence electrons. The zero-order chi connectivity index (χ0) is 90.3. The number of nitrogens with two attached hydrogens (primary N) is 1. The fraction of sp³-hybridized carbons (Fsp3) is 0.655. The Kier molecular flexibility index (Phi) is 44.4. The highest BCUT2D eigenvalue weighted by Crippen LogP contribution is 2.31. The van der Waals surface area contributed by atoms with Gasteiger partial charge in [0.25, 0.3) is 11.8 Å². The molecule has 2 aromatic rings. The average molecular weight is 1720 g/mol. The van der Waals surface area contributed by atoms with Crippen molar-refractivity contribution in [2.75, 3.05) is 119 Å². The Balaban J connectivity index is 1.14. The standard InChI is InChI=1S/C84H130N14O24/c1-15-53(8)73(63(115-13)48-69(104)97-36-20-24-62(97)75(116-14)54(9)76(106)88-55(10)74(105)57-21-17-16-18-22-57)95(11)81(111)71(51(4)5)94-80(110)72(52(6)7)96(12)84(114)122-49-56-25-27-58(28-26-56)89-77(107)59(23-19-34-87-83(85)113)92-79(109)70(50(2)3)93-78(108)61(47-66(101)90-60-32-39-121-82(60)112)91-65(100)33-38-117-41-43-119-45-46-120-44-42-118-40-35-86-64(99)31-37-98-67(102)29-30-68(98)103/h16-18,21-22,25-30,50-55,59-63,70-75,105H,15,19-20,23-24,31-49H2,1-14H3,(H,86,99)(H,88,106)(H,89,107)(H,90,101)(H,91,100)(H,92,109)(H,93,108)(H,94,110)(H3,85,87,113)/t53-,54+,55+,59?,60-,61-,62-,63+,70-,71-,72-,73-,74+,75+/m0/s1. The number of anilines is 1. The van der Waals surface area contributed by atoms with Gasteiger partial charge in [-0.25, -0.2) is 14.4 Å². The van der Waals surface area contributed by atoms with Crippen molar-refractivity contribution >= 4 is 94.7 Å². The number of aliphatic hydroxyl groups excluding tert-OH is 1. The second-order valence-corrected chi connectivity index (χ2v) is 31.6. The lowest BCUT2D eigenvalue weighted by atomic mass is 9.89. The van der Waals surface area contributed by atoms with Gasteiger partial charge in [-0.05, 0) is 79.5 Å². The number of likely N-dealkylation sites (tertiary alicyclic amines) is 1. The van der Waals surface area contributed by atoms with Crippen LogP contribution in [0.5, 0.6) is 0 Å². The van der Waals surface area contributed by atoms with Crippen LogP contribution in [-0.2, 0) is 107 Å². The first kappa shape index (κ1) is 102. The van der Waals surface area contributed by atoms with Gasteiger partial charge in [0.1, 0.15) is 42.9 Å². The van der Waals surface area contributed by atoms with Crippen LogP contribution in [0.25, 0.3) is 0 Å². The fourth-order valence-corrected chi connectivity index (χ4v) is 14.4. The summed E-state index contributed by atoms with van der Waals surface area (Å²) in [6, 6.07) is 5.07. The molecule has 0 saturated carbocycles. The number of primary amides is 1. The van der Waals surface area contributed by atoms with Gasteiger partial charge in [-0.2, -0.15) is 0 Å². The summed E-state index contributed by atoms with van der Waals surface area (Å²) < 4.78 is 44.8. The molecule has 38 heteroatoms. The number of esters is 1. The number of hydrogen-bond acceptors (Lipinski definition) is 24. The SMILES string of the molecule is CC[C@H](C)[C@@H]([C@@H](CC(=O)N1CCC[C@H]1[C@H](OC)[C@@H](C)C(=O)N[C@H](C)[C@@H](O)c1ccccc1)OC)N(C)C(=O)[C@@H](NC(=O)[C@H](C(C)C)N(C)C(=O)OCc1ccc(NC(=O)C(CCCNC(N)=O)NC(=O)[C@@H](NC(=O)[C@H](CC(=O)N[C@H]2CCOC2=O)NC(=O)CCOCCOCCOCCOCCNC(=O)CCN2C(=O)C=CC2=O)C(C)C)cc1)C(C)C. The number of carbonyl (C=O) groups excluding carboxylic acids is 15. The van der Waals surface area contributed by atoms with Gasteiger partial charge in [-0.15, -0.1) is 0 Å². The first-order chi connectivity index (χ1) is 58.0. The third-order valence-electron chi connectivity index (χ3n) is 21.4. The van der Waals surface area contributed by atoms with Crippen molar-refractivity contribution in [3.8, 4) is 0 Å². The molecule has 3 heterocycles. The topological polar surface area (TPSA) is 497 Å². The number of nitrogens with zero attached hydrogens (tertiary/aromatic N) is 4. The Morgan fingerprint density at radius 2 is 1.23 bits per heavy atom. The van der Waals surface area contributed by atoms with Crippen LogP contribution in [0.15, 0.2) is 66.7 Å². The number of amides is 15. The van der Waals surface area contributed by atoms with E-state index < -0.39 is 174 Å². The molecule has 12 N–H and O–H groups in total. The predicted molar refractivity (Wildman–Crippen MR) is 444 cm³/mol. The fourth-order valence-electron chi connectivity index (χ4n) is 14.4. The predicted octanol–water partition coefficient (Wildman–Crippen LogP) is 1.79. The van der Waals surface area contributed by atoms with E-state index in [-0.39, 0.29) is 154 Å². The average Bonchev–Trinajstić information content (AvgIpc) is 1.30. The second kappa shape index (κ2) is 52.9. The van der Waals surface area contributed by atoms with E-state index in [0.29, 0.717) is 36.9 Å². The van der Waals surface area contributed by atoms with Crippen LogP contribution < -0.4 is 53.6 Å². The van der Waals surface area contributed by atoms with Crippen molar-refractivity contribution < 1.29 is 115 Å². The summed E-state index contributed by atoms with van der Waals surface area (Å²) in [5.74, 6) is -10.2. The number of urea groups is 1. The van der Waals surface area contributed by atoms with E-state index >= 15 is 0 Å². The van der Waals surface area contributed by atoms with Crippen LogP contribution in [0, 0.1) is 29.6 Å². The third kappa shape index (κ3) is 33.2. The van der Waals surface area contributed by atoms with Crippen molar-refractivity contribution in [1.82, 2.24) is 62.1 Å². The monoisotopic (exact) mass is 1720 g/mol. The van der Waals surface area contributed by atoms with Crippen molar-refractivity contribution in [2.24, 2.45) is 35.3 Å². The molecule has 122 heavy (non-hydrogen) atoms. The molecule has 0 aliphatic carbocycles. The van der Waals surface area contributed by atoms with Gasteiger partial charge in [-0.1, -0.05) is 111 Å². The number of benzene rings is 2. The van der Waals surface area contributed by atoms with Gasteiger partial charge >= 0.3 is 18.1 Å². The van der Waals surface area contributed by atoms with Gasteiger partial charge in [0.2, 0.25) is 59.1 Å². The van der Waals surface area contributed by atoms with Crippen LogP contribution in [0.3, 0.4) is 0 Å². The summed E-state index contributed by atoms with van der Waals surface area (Å²) in [5, 5.41) is 35.0. The number of hydrogen-bond donors (Lipinski definition) is 11. The Labute approximate surface area is 714 Å². The number of cyclic esters (lactones) is 1. The molecule has 1 unspecified atom stereocenters. The molecule has 14 atom stereocenters. The van der Waals surface area contributed by atoms with E-state index in [0.717, 1.165) is 22.0 Å². The van der Waals surface area contributed by atoms with Crippen LogP contribution in [0.1, 0.15) is 151 Å². The highest BCUT2D eigenvalue weighted by molar-refractivity contribution is 6.13. The normalized spacial score (nSPS) is 17.4. The number of methoxy groups -OCH3 is 2. The molecule has 0 aromatic heterocycles.